The monoisotopic (exact) mass is 506 g/mol. The standard InChI is InChI=1S/C25H19ClN4O4S/c1-33-22-14-17(30(31)32)9-10-18(22)20-11-12-21(34-20)24-23(19-4-2-3-13-27-19)28-25(35)29(24)16-7-5-15(26)6-8-16/h2-14,23-24H,1H3,(H,28,35)/t23-,24+/m0/s1. The number of hydrogen-bond donors (Lipinski definition) is 1. The summed E-state index contributed by atoms with van der Waals surface area (Å²) in [7, 11) is 1.46. The van der Waals surface area contributed by atoms with Crippen LogP contribution < -0.4 is 15.0 Å². The molecule has 176 valence electrons. The molecule has 2 aromatic carbocycles. The fraction of sp³-hybridized carbons (Fsp3) is 0.120. The van der Waals surface area contributed by atoms with Crippen molar-refractivity contribution in [3.63, 3.8) is 0 Å². The Hall–Kier alpha value is -3.95. The largest absolute Gasteiger partial charge is 0.496 e. The fourth-order valence-electron chi connectivity index (χ4n) is 4.18. The highest BCUT2D eigenvalue weighted by molar-refractivity contribution is 7.80. The third kappa shape index (κ3) is 4.31. The molecule has 2 atom stereocenters. The minimum atomic E-state index is -0.466. The van der Waals surface area contributed by atoms with Crippen molar-refractivity contribution >= 4 is 40.3 Å². The second kappa shape index (κ2) is 9.36. The number of anilines is 1. The molecule has 10 heteroatoms. The SMILES string of the molecule is COc1cc([N+](=O)[O-])ccc1-c1ccc([C@@H]2[C@H](c3ccccn3)NC(=S)N2c2ccc(Cl)cc2)o1. The summed E-state index contributed by atoms with van der Waals surface area (Å²) >= 11 is 11.8. The normalized spacial score (nSPS) is 17.3. The van der Waals surface area contributed by atoms with Crippen LogP contribution in [0.2, 0.25) is 5.02 Å². The number of rotatable bonds is 6. The van der Waals surface area contributed by atoms with Crippen LogP contribution in [0.15, 0.2) is 83.4 Å². The Morgan fingerprint density at radius 1 is 1.14 bits per heavy atom. The van der Waals surface area contributed by atoms with Crippen LogP contribution in [-0.4, -0.2) is 22.1 Å². The summed E-state index contributed by atoms with van der Waals surface area (Å²) in [5.41, 5.74) is 2.19. The van der Waals surface area contributed by atoms with E-state index in [-0.39, 0.29) is 17.8 Å². The fourth-order valence-corrected chi connectivity index (χ4v) is 4.65. The van der Waals surface area contributed by atoms with Gasteiger partial charge in [-0.05, 0) is 66.8 Å². The Morgan fingerprint density at radius 2 is 1.94 bits per heavy atom. The molecule has 0 bridgehead atoms. The van der Waals surface area contributed by atoms with E-state index in [1.54, 1.807) is 24.4 Å². The smallest absolute Gasteiger partial charge is 0.273 e. The van der Waals surface area contributed by atoms with Crippen LogP contribution >= 0.6 is 23.8 Å². The van der Waals surface area contributed by atoms with Gasteiger partial charge < -0.3 is 19.4 Å². The molecular formula is C25H19ClN4O4S. The zero-order valence-electron chi connectivity index (χ0n) is 18.4. The molecular weight excluding hydrogens is 488 g/mol. The number of nitro benzene ring substituents is 1. The van der Waals surface area contributed by atoms with Gasteiger partial charge in [0.05, 0.1) is 35.4 Å². The van der Waals surface area contributed by atoms with Gasteiger partial charge in [-0.3, -0.25) is 15.1 Å². The highest BCUT2D eigenvalue weighted by atomic mass is 35.5. The van der Waals surface area contributed by atoms with Crippen molar-refractivity contribution in [3.05, 3.63) is 106 Å². The van der Waals surface area contributed by atoms with E-state index in [0.717, 1.165) is 11.4 Å². The van der Waals surface area contributed by atoms with E-state index < -0.39 is 4.92 Å². The number of ether oxygens (including phenoxy) is 1. The van der Waals surface area contributed by atoms with Gasteiger partial charge in [0, 0.05) is 23.0 Å². The molecule has 4 aromatic rings. The lowest BCUT2D eigenvalue weighted by Gasteiger charge is -2.26. The van der Waals surface area contributed by atoms with Crippen molar-refractivity contribution in [2.45, 2.75) is 12.1 Å². The molecule has 0 spiro atoms. The number of thiocarbonyl (C=S) groups is 1. The lowest BCUT2D eigenvalue weighted by Crippen LogP contribution is -2.29. The Balaban J connectivity index is 1.59. The third-order valence-corrected chi connectivity index (χ3v) is 6.35. The van der Waals surface area contributed by atoms with Crippen LogP contribution in [0.5, 0.6) is 5.75 Å². The molecule has 0 saturated carbocycles. The highest BCUT2D eigenvalue weighted by Gasteiger charge is 2.42. The molecule has 1 N–H and O–H groups in total. The van der Waals surface area contributed by atoms with E-state index >= 15 is 0 Å². The van der Waals surface area contributed by atoms with Gasteiger partial charge in [-0.2, -0.15) is 0 Å². The van der Waals surface area contributed by atoms with Gasteiger partial charge in [0.15, 0.2) is 5.11 Å². The Bertz CT molecular complexity index is 1390. The van der Waals surface area contributed by atoms with Gasteiger partial charge in [0.25, 0.3) is 5.69 Å². The average molecular weight is 507 g/mol. The van der Waals surface area contributed by atoms with Gasteiger partial charge >= 0.3 is 0 Å². The Labute approximate surface area is 211 Å². The summed E-state index contributed by atoms with van der Waals surface area (Å²) in [6, 6.07) is 20.6. The number of nitrogens with one attached hydrogen (secondary N) is 1. The predicted molar refractivity (Wildman–Crippen MR) is 137 cm³/mol. The molecule has 1 aliphatic heterocycles. The molecule has 3 heterocycles. The number of methoxy groups -OCH3 is 1. The molecule has 1 aliphatic rings. The van der Waals surface area contributed by atoms with Crippen LogP contribution in [0.4, 0.5) is 11.4 Å². The molecule has 1 saturated heterocycles. The lowest BCUT2D eigenvalue weighted by atomic mass is 10.0. The second-order valence-corrected chi connectivity index (χ2v) is 8.64. The van der Waals surface area contributed by atoms with Gasteiger partial charge in [0.1, 0.15) is 23.3 Å². The number of pyridine rings is 1. The molecule has 5 rings (SSSR count). The Morgan fingerprint density at radius 3 is 2.63 bits per heavy atom. The van der Waals surface area contributed by atoms with Crippen molar-refractivity contribution in [1.82, 2.24) is 10.3 Å². The maximum atomic E-state index is 11.2. The number of aromatic nitrogens is 1. The van der Waals surface area contributed by atoms with Crippen LogP contribution in [0, 0.1) is 10.1 Å². The number of halogens is 1. The van der Waals surface area contributed by atoms with Crippen molar-refractivity contribution in [2.75, 3.05) is 12.0 Å². The Kier molecular flexibility index (Phi) is 6.10. The van der Waals surface area contributed by atoms with Gasteiger partial charge in [-0.1, -0.05) is 17.7 Å². The van der Waals surface area contributed by atoms with Gasteiger partial charge in [-0.15, -0.1) is 0 Å². The van der Waals surface area contributed by atoms with Crippen LogP contribution in [-0.2, 0) is 0 Å². The molecule has 2 aromatic heterocycles. The molecule has 35 heavy (non-hydrogen) atoms. The van der Waals surface area contributed by atoms with Gasteiger partial charge in [0.2, 0.25) is 0 Å². The molecule has 0 radical (unpaired) electrons. The predicted octanol–water partition coefficient (Wildman–Crippen LogP) is 6.09. The van der Waals surface area contributed by atoms with Gasteiger partial charge in [-0.25, -0.2) is 0 Å². The van der Waals surface area contributed by atoms with Crippen LogP contribution in [0.1, 0.15) is 23.5 Å². The first-order valence-electron chi connectivity index (χ1n) is 10.6. The van der Waals surface area contributed by atoms with Crippen LogP contribution in [0.3, 0.4) is 0 Å². The van der Waals surface area contributed by atoms with E-state index in [4.69, 9.17) is 33.0 Å². The maximum Gasteiger partial charge on any atom is 0.273 e. The number of benzene rings is 2. The van der Waals surface area contributed by atoms with E-state index in [9.17, 15) is 10.1 Å². The van der Waals surface area contributed by atoms with E-state index in [1.165, 1.54) is 19.2 Å². The summed E-state index contributed by atoms with van der Waals surface area (Å²) in [5.74, 6) is 1.50. The van der Waals surface area contributed by atoms with E-state index in [1.807, 2.05) is 47.4 Å². The van der Waals surface area contributed by atoms with Crippen molar-refractivity contribution < 1.29 is 14.1 Å². The number of nitrogens with zero attached hydrogens (tertiary/aromatic N) is 3. The number of hydrogen-bond acceptors (Lipinski definition) is 6. The number of non-ortho nitro benzene ring substituents is 1. The first-order chi connectivity index (χ1) is 17.0. The molecule has 8 nitrogen and oxygen atoms in total. The summed E-state index contributed by atoms with van der Waals surface area (Å²) in [6.07, 6.45) is 1.73. The molecule has 1 fully saturated rings. The van der Waals surface area contributed by atoms with Crippen molar-refractivity contribution in [2.24, 2.45) is 0 Å². The summed E-state index contributed by atoms with van der Waals surface area (Å²) < 4.78 is 11.7. The topological polar surface area (TPSA) is 93.7 Å². The van der Waals surface area contributed by atoms with Crippen molar-refractivity contribution in [3.8, 4) is 17.1 Å². The second-order valence-electron chi connectivity index (χ2n) is 7.82. The molecule has 0 amide bonds. The molecule has 0 aliphatic carbocycles. The summed E-state index contributed by atoms with van der Waals surface area (Å²) in [5, 5.41) is 15.7. The van der Waals surface area contributed by atoms with Crippen LogP contribution in [0.25, 0.3) is 11.3 Å². The summed E-state index contributed by atoms with van der Waals surface area (Å²) in [4.78, 5) is 17.2. The first kappa shape index (κ1) is 22.8. The zero-order chi connectivity index (χ0) is 24.5. The number of nitro groups is 1. The minimum Gasteiger partial charge on any atom is -0.496 e. The van der Waals surface area contributed by atoms with Crippen molar-refractivity contribution in [1.29, 1.82) is 0 Å². The third-order valence-electron chi connectivity index (χ3n) is 5.78. The first-order valence-corrected chi connectivity index (χ1v) is 11.4. The average Bonchev–Trinajstić information content (AvgIpc) is 3.49. The zero-order valence-corrected chi connectivity index (χ0v) is 20.0. The number of furan rings is 1. The maximum absolute atomic E-state index is 11.2. The minimum absolute atomic E-state index is 0.0631. The quantitative estimate of drug-likeness (QED) is 0.191. The van der Waals surface area contributed by atoms with E-state index in [2.05, 4.69) is 10.3 Å². The molecule has 0 unspecified atom stereocenters. The van der Waals surface area contributed by atoms with E-state index in [0.29, 0.717) is 33.0 Å². The highest BCUT2D eigenvalue weighted by Crippen LogP contribution is 2.44. The summed E-state index contributed by atoms with van der Waals surface area (Å²) in [6.45, 7) is 0. The lowest BCUT2D eigenvalue weighted by molar-refractivity contribution is -0.384.